The zero-order valence-electron chi connectivity index (χ0n) is 19.8. The van der Waals surface area contributed by atoms with Crippen molar-refractivity contribution >= 4 is 50.7 Å². The number of hydrogen-bond acceptors (Lipinski definition) is 5. The molecule has 38 heavy (non-hydrogen) atoms. The van der Waals surface area contributed by atoms with Gasteiger partial charge in [0.2, 0.25) is 5.82 Å². The Morgan fingerprint density at radius 2 is 1.82 bits per heavy atom. The number of benzene rings is 4. The highest BCUT2D eigenvalue weighted by Gasteiger charge is 2.16. The second kappa shape index (κ2) is 10.2. The van der Waals surface area contributed by atoms with Crippen molar-refractivity contribution in [2.75, 3.05) is 0 Å². The van der Waals surface area contributed by atoms with Crippen LogP contribution in [0.5, 0.6) is 5.75 Å². The Labute approximate surface area is 230 Å². The van der Waals surface area contributed by atoms with E-state index in [4.69, 9.17) is 14.1 Å². The SMILES string of the molecule is O=c1c2ccccc2nc(-c2cc3ccccc3o2)n1N=Cc1ccc(OCc2cccc(F)c2)c(I)c1. The van der Waals surface area contributed by atoms with E-state index in [0.717, 1.165) is 20.1 Å². The van der Waals surface area contributed by atoms with Crippen LogP contribution in [-0.2, 0) is 6.61 Å². The number of fused-ring (bicyclic) bond motifs is 2. The molecule has 6 nitrogen and oxygen atoms in total. The summed E-state index contributed by atoms with van der Waals surface area (Å²) in [5.74, 6) is 1.13. The van der Waals surface area contributed by atoms with Crippen molar-refractivity contribution in [3.05, 3.63) is 128 Å². The normalized spacial score (nSPS) is 11.5. The van der Waals surface area contributed by atoms with E-state index in [1.807, 2.05) is 60.7 Å². The fourth-order valence-electron chi connectivity index (χ4n) is 4.11. The van der Waals surface area contributed by atoms with Gasteiger partial charge in [0.15, 0.2) is 5.76 Å². The Balaban J connectivity index is 1.35. The first-order valence-electron chi connectivity index (χ1n) is 11.8. The summed E-state index contributed by atoms with van der Waals surface area (Å²) in [6.45, 7) is 0.250. The van der Waals surface area contributed by atoms with Gasteiger partial charge in [-0.2, -0.15) is 9.78 Å². The molecule has 0 amide bonds. The lowest BCUT2D eigenvalue weighted by atomic mass is 10.2. The number of hydrogen-bond donors (Lipinski definition) is 0. The van der Waals surface area contributed by atoms with Crippen molar-refractivity contribution in [1.82, 2.24) is 9.66 Å². The standard InChI is InChI=1S/C30H19FIN3O3/c31-22-8-5-6-20(14-22)18-37-27-13-12-19(15-24(27)32)17-33-35-29(28-16-21-7-1-4-11-26(21)38-28)34-25-10-3-2-9-23(25)30(35)36/h1-17H,18H2. The zero-order chi connectivity index (χ0) is 26.1. The van der Waals surface area contributed by atoms with E-state index in [1.54, 1.807) is 30.5 Å². The Morgan fingerprint density at radius 1 is 0.974 bits per heavy atom. The topological polar surface area (TPSA) is 69.6 Å². The van der Waals surface area contributed by atoms with Crippen LogP contribution in [0.4, 0.5) is 4.39 Å². The van der Waals surface area contributed by atoms with Gasteiger partial charge in [0, 0.05) is 5.39 Å². The largest absolute Gasteiger partial charge is 0.488 e. The van der Waals surface area contributed by atoms with Crippen molar-refractivity contribution in [2.45, 2.75) is 6.61 Å². The first-order chi connectivity index (χ1) is 18.5. The summed E-state index contributed by atoms with van der Waals surface area (Å²) in [6, 6.07) is 28.5. The zero-order valence-corrected chi connectivity index (χ0v) is 22.0. The van der Waals surface area contributed by atoms with E-state index in [9.17, 15) is 9.18 Å². The number of para-hydroxylation sites is 2. The molecule has 0 radical (unpaired) electrons. The first kappa shape index (κ1) is 24.1. The van der Waals surface area contributed by atoms with Crippen molar-refractivity contribution in [3.63, 3.8) is 0 Å². The van der Waals surface area contributed by atoms with Gasteiger partial charge in [0.25, 0.3) is 5.56 Å². The number of aromatic nitrogens is 2. The van der Waals surface area contributed by atoms with Gasteiger partial charge in [0.05, 0.1) is 20.7 Å². The summed E-state index contributed by atoms with van der Waals surface area (Å²) in [5.41, 5.74) is 2.47. The molecule has 0 aliphatic rings. The van der Waals surface area contributed by atoms with Gasteiger partial charge in [-0.1, -0.05) is 42.5 Å². The summed E-state index contributed by atoms with van der Waals surface area (Å²) in [7, 11) is 0. The minimum Gasteiger partial charge on any atom is -0.488 e. The third-order valence-electron chi connectivity index (χ3n) is 5.96. The van der Waals surface area contributed by atoms with Crippen LogP contribution in [0.2, 0.25) is 0 Å². The summed E-state index contributed by atoms with van der Waals surface area (Å²) in [6.07, 6.45) is 1.60. The molecule has 2 heterocycles. The molecule has 186 valence electrons. The number of ether oxygens (including phenoxy) is 1. The van der Waals surface area contributed by atoms with Crippen molar-refractivity contribution in [3.8, 4) is 17.3 Å². The van der Waals surface area contributed by atoms with E-state index < -0.39 is 0 Å². The van der Waals surface area contributed by atoms with Crippen LogP contribution in [0.25, 0.3) is 33.5 Å². The summed E-state index contributed by atoms with van der Waals surface area (Å²) >= 11 is 2.18. The minimum atomic E-state index is -0.299. The van der Waals surface area contributed by atoms with E-state index in [2.05, 4.69) is 27.7 Å². The highest BCUT2D eigenvalue weighted by Crippen LogP contribution is 2.27. The molecule has 2 aromatic heterocycles. The van der Waals surface area contributed by atoms with Gasteiger partial charge < -0.3 is 9.15 Å². The highest BCUT2D eigenvalue weighted by atomic mass is 127. The van der Waals surface area contributed by atoms with Crippen molar-refractivity contribution in [1.29, 1.82) is 0 Å². The summed E-state index contributed by atoms with van der Waals surface area (Å²) in [4.78, 5) is 18.2. The molecule has 0 fully saturated rings. The molecule has 6 rings (SSSR count). The van der Waals surface area contributed by atoms with Crippen LogP contribution in [0.1, 0.15) is 11.1 Å². The predicted molar refractivity (Wildman–Crippen MR) is 154 cm³/mol. The number of rotatable bonds is 6. The second-order valence-electron chi connectivity index (χ2n) is 8.57. The minimum absolute atomic E-state index is 0.250. The van der Waals surface area contributed by atoms with E-state index in [1.165, 1.54) is 16.8 Å². The molecule has 0 saturated heterocycles. The smallest absolute Gasteiger partial charge is 0.282 e. The maximum Gasteiger partial charge on any atom is 0.282 e. The third kappa shape index (κ3) is 4.82. The molecule has 6 aromatic rings. The number of nitrogens with zero attached hydrogens (tertiary/aromatic N) is 3. The molecule has 4 aromatic carbocycles. The monoisotopic (exact) mass is 615 g/mol. The molecule has 0 spiro atoms. The Kier molecular flexibility index (Phi) is 6.47. The average molecular weight is 615 g/mol. The van der Waals surface area contributed by atoms with Crippen LogP contribution in [0.3, 0.4) is 0 Å². The van der Waals surface area contributed by atoms with Crippen molar-refractivity contribution in [2.24, 2.45) is 5.10 Å². The predicted octanol–water partition coefficient (Wildman–Crippen LogP) is 7.01. The molecular weight excluding hydrogens is 596 g/mol. The number of halogens is 2. The Bertz CT molecular complexity index is 1860. The molecule has 0 aliphatic heterocycles. The molecule has 0 atom stereocenters. The van der Waals surface area contributed by atoms with Gasteiger partial charge in [-0.05, 0) is 88.3 Å². The van der Waals surface area contributed by atoms with E-state index in [-0.39, 0.29) is 18.0 Å². The molecule has 8 heteroatoms. The lowest BCUT2D eigenvalue weighted by molar-refractivity contribution is 0.303. The fourth-order valence-corrected chi connectivity index (χ4v) is 4.80. The van der Waals surface area contributed by atoms with Gasteiger partial charge in [0.1, 0.15) is 23.8 Å². The van der Waals surface area contributed by atoms with Crippen LogP contribution in [0.15, 0.2) is 111 Å². The molecular formula is C30H19FIN3O3. The maximum atomic E-state index is 13.4. The third-order valence-corrected chi connectivity index (χ3v) is 6.80. The Hall–Kier alpha value is -4.31. The van der Waals surface area contributed by atoms with Crippen LogP contribution in [0, 0.1) is 9.39 Å². The Morgan fingerprint density at radius 3 is 2.66 bits per heavy atom. The van der Waals surface area contributed by atoms with Crippen LogP contribution in [-0.4, -0.2) is 15.9 Å². The molecule has 0 aliphatic carbocycles. The fraction of sp³-hybridized carbons (Fsp3) is 0.0333. The van der Waals surface area contributed by atoms with E-state index >= 15 is 0 Å². The maximum absolute atomic E-state index is 13.4. The summed E-state index contributed by atoms with van der Waals surface area (Å²) in [5, 5.41) is 5.88. The average Bonchev–Trinajstić information content (AvgIpc) is 3.36. The first-order valence-corrected chi connectivity index (χ1v) is 12.8. The second-order valence-corrected chi connectivity index (χ2v) is 9.73. The lowest BCUT2D eigenvalue weighted by Gasteiger charge is -2.09. The lowest BCUT2D eigenvalue weighted by Crippen LogP contribution is -2.20. The highest BCUT2D eigenvalue weighted by molar-refractivity contribution is 14.1. The van der Waals surface area contributed by atoms with Crippen LogP contribution < -0.4 is 10.3 Å². The van der Waals surface area contributed by atoms with Crippen LogP contribution >= 0.6 is 22.6 Å². The summed E-state index contributed by atoms with van der Waals surface area (Å²) < 4.78 is 27.5. The number of furan rings is 1. The van der Waals surface area contributed by atoms with E-state index in [0.29, 0.717) is 33.8 Å². The van der Waals surface area contributed by atoms with Gasteiger partial charge in [-0.3, -0.25) is 4.79 Å². The molecule has 0 bridgehead atoms. The van der Waals surface area contributed by atoms with Gasteiger partial charge in [-0.25, -0.2) is 9.37 Å². The molecule has 0 unspecified atom stereocenters. The quantitative estimate of drug-likeness (QED) is 0.149. The molecule has 0 saturated carbocycles. The van der Waals surface area contributed by atoms with Gasteiger partial charge in [-0.15, -0.1) is 0 Å². The molecule has 0 N–H and O–H groups in total. The van der Waals surface area contributed by atoms with Crippen molar-refractivity contribution < 1.29 is 13.5 Å². The van der Waals surface area contributed by atoms with Gasteiger partial charge >= 0.3 is 0 Å².